The van der Waals surface area contributed by atoms with Gasteiger partial charge in [0.2, 0.25) is 0 Å². The maximum atomic E-state index is 5.69. The summed E-state index contributed by atoms with van der Waals surface area (Å²) in [5.41, 5.74) is 1.87. The summed E-state index contributed by atoms with van der Waals surface area (Å²) in [4.78, 5) is 4.52. The Hall–Kier alpha value is -0.825. The molecule has 0 spiro atoms. The molecule has 2 rings (SSSR count). The average molecular weight is 217 g/mol. The predicted molar refractivity (Wildman–Crippen MR) is 70.4 cm³/mol. The number of thiazole rings is 1. The molecule has 0 saturated carbocycles. The van der Waals surface area contributed by atoms with Gasteiger partial charge < -0.3 is 0 Å². The van der Waals surface area contributed by atoms with Crippen molar-refractivity contribution in [3.63, 3.8) is 0 Å². The van der Waals surface area contributed by atoms with Gasteiger partial charge in [0.15, 0.2) is 0 Å². The van der Waals surface area contributed by atoms with E-state index in [1.54, 1.807) is 11.3 Å². The van der Waals surface area contributed by atoms with Gasteiger partial charge in [0, 0.05) is 5.92 Å². The Balaban J connectivity index is 0.000000531. The van der Waals surface area contributed by atoms with Gasteiger partial charge in [-0.15, -0.1) is 11.3 Å². The minimum atomic E-state index is 0.499. The molecule has 3 heteroatoms. The maximum Gasteiger partial charge on any atom is 0.113 e. The number of hydrogen-bond acceptors (Lipinski definition) is 2. The molecule has 0 atom stereocenters. The number of hydrogen-bond donors (Lipinski definition) is 0. The van der Waals surface area contributed by atoms with E-state index in [4.69, 9.17) is 7.85 Å². The number of aromatic nitrogens is 1. The number of nitrogens with zero attached hydrogens (tertiary/aromatic N) is 1. The average Bonchev–Trinajstić information content (AvgIpc) is 2.63. The van der Waals surface area contributed by atoms with Crippen LogP contribution in [0.5, 0.6) is 0 Å². The quantitative estimate of drug-likeness (QED) is 0.668. The first-order valence-electron chi connectivity index (χ1n) is 5.33. The van der Waals surface area contributed by atoms with Crippen molar-refractivity contribution in [2.75, 3.05) is 0 Å². The molecule has 0 unspecified atom stereocenters. The summed E-state index contributed by atoms with van der Waals surface area (Å²) in [7, 11) is 5.69. The van der Waals surface area contributed by atoms with Crippen LogP contribution in [0.3, 0.4) is 0 Å². The summed E-state index contributed by atoms with van der Waals surface area (Å²) in [5.74, 6) is 0.499. The first-order valence-corrected chi connectivity index (χ1v) is 6.14. The number of benzene rings is 1. The van der Waals surface area contributed by atoms with Crippen LogP contribution in [0.15, 0.2) is 18.2 Å². The van der Waals surface area contributed by atoms with Crippen LogP contribution in [-0.2, 0) is 0 Å². The first-order chi connectivity index (χ1) is 7.16. The molecule has 1 aromatic carbocycles. The van der Waals surface area contributed by atoms with Gasteiger partial charge in [0.05, 0.1) is 15.2 Å². The van der Waals surface area contributed by atoms with E-state index in [1.165, 1.54) is 9.71 Å². The third-order valence-corrected chi connectivity index (χ3v) is 3.24. The van der Waals surface area contributed by atoms with Gasteiger partial charge >= 0.3 is 0 Å². The van der Waals surface area contributed by atoms with Crippen molar-refractivity contribution < 1.29 is 0 Å². The molecule has 0 N–H and O–H groups in total. The maximum absolute atomic E-state index is 5.69. The second-order valence-corrected chi connectivity index (χ2v) is 4.50. The molecule has 0 aliphatic rings. The molecular formula is C12H16BNS. The molecule has 15 heavy (non-hydrogen) atoms. The van der Waals surface area contributed by atoms with E-state index in [1.807, 2.05) is 32.0 Å². The summed E-state index contributed by atoms with van der Waals surface area (Å²) >= 11 is 1.73. The van der Waals surface area contributed by atoms with Crippen LogP contribution in [0, 0.1) is 0 Å². The van der Waals surface area contributed by atoms with Crippen LogP contribution in [0.1, 0.15) is 38.6 Å². The van der Waals surface area contributed by atoms with Crippen LogP contribution in [-0.4, -0.2) is 12.8 Å². The molecule has 0 saturated heterocycles. The summed E-state index contributed by atoms with van der Waals surface area (Å²) in [6, 6.07) is 5.86. The number of fused-ring (bicyclic) bond motifs is 1. The van der Waals surface area contributed by atoms with Gasteiger partial charge in [-0.1, -0.05) is 39.2 Å². The lowest BCUT2D eigenvalue weighted by atomic mass is 9.97. The van der Waals surface area contributed by atoms with Crippen molar-refractivity contribution >= 4 is 34.9 Å². The van der Waals surface area contributed by atoms with E-state index in [9.17, 15) is 0 Å². The molecule has 0 bridgehead atoms. The van der Waals surface area contributed by atoms with Crippen LogP contribution in [0.2, 0.25) is 0 Å². The summed E-state index contributed by atoms with van der Waals surface area (Å²) in [6.07, 6.45) is 0. The van der Waals surface area contributed by atoms with Gasteiger partial charge in [-0.3, -0.25) is 0 Å². The Morgan fingerprint density at radius 2 is 1.93 bits per heavy atom. The molecule has 2 aromatic rings. The molecule has 0 amide bonds. The van der Waals surface area contributed by atoms with Gasteiger partial charge in [-0.2, -0.15) is 0 Å². The van der Waals surface area contributed by atoms with Crippen LogP contribution in [0.4, 0.5) is 0 Å². The Labute approximate surface area is 97.0 Å². The molecule has 78 valence electrons. The molecule has 0 aliphatic carbocycles. The fraction of sp³-hybridized carbons (Fsp3) is 0.417. The van der Waals surface area contributed by atoms with Crippen molar-refractivity contribution in [3.05, 3.63) is 23.2 Å². The number of rotatable bonds is 1. The molecule has 2 radical (unpaired) electrons. The lowest BCUT2D eigenvalue weighted by Crippen LogP contribution is -1.98. The largest absolute Gasteiger partial charge is 0.241 e. The molecular weight excluding hydrogens is 201 g/mol. The highest BCUT2D eigenvalue weighted by Crippen LogP contribution is 2.25. The van der Waals surface area contributed by atoms with E-state index < -0.39 is 0 Å². The van der Waals surface area contributed by atoms with E-state index in [0.717, 1.165) is 11.0 Å². The van der Waals surface area contributed by atoms with E-state index in [2.05, 4.69) is 18.8 Å². The normalized spacial score (nSPS) is 10.2. The van der Waals surface area contributed by atoms with E-state index >= 15 is 0 Å². The molecule has 0 fully saturated rings. The van der Waals surface area contributed by atoms with Crippen molar-refractivity contribution in [3.8, 4) is 0 Å². The summed E-state index contributed by atoms with van der Waals surface area (Å²) < 4.78 is 1.18. The minimum Gasteiger partial charge on any atom is -0.241 e. The Bertz CT molecular complexity index is 434. The zero-order valence-electron chi connectivity index (χ0n) is 9.74. The third-order valence-electron chi connectivity index (χ3n) is 1.92. The Morgan fingerprint density at radius 1 is 1.27 bits per heavy atom. The molecule has 1 aromatic heterocycles. The van der Waals surface area contributed by atoms with Crippen LogP contribution >= 0.6 is 11.3 Å². The highest BCUT2D eigenvalue weighted by atomic mass is 32.1. The topological polar surface area (TPSA) is 12.9 Å². The fourth-order valence-electron chi connectivity index (χ4n) is 1.21. The molecule has 0 aliphatic heterocycles. The highest BCUT2D eigenvalue weighted by molar-refractivity contribution is 7.18. The Morgan fingerprint density at radius 3 is 2.53 bits per heavy atom. The zero-order valence-corrected chi connectivity index (χ0v) is 10.6. The summed E-state index contributed by atoms with van der Waals surface area (Å²) in [6.45, 7) is 8.31. The highest BCUT2D eigenvalue weighted by Gasteiger charge is 2.06. The lowest BCUT2D eigenvalue weighted by Gasteiger charge is -1.94. The van der Waals surface area contributed by atoms with Crippen molar-refractivity contribution in [2.24, 2.45) is 0 Å². The minimum absolute atomic E-state index is 0.499. The van der Waals surface area contributed by atoms with Gasteiger partial charge in [0.25, 0.3) is 0 Å². The van der Waals surface area contributed by atoms with E-state index in [-0.39, 0.29) is 0 Å². The zero-order chi connectivity index (χ0) is 11.4. The smallest absolute Gasteiger partial charge is 0.113 e. The van der Waals surface area contributed by atoms with Gasteiger partial charge in [0.1, 0.15) is 7.85 Å². The monoisotopic (exact) mass is 217 g/mol. The van der Waals surface area contributed by atoms with Crippen molar-refractivity contribution in [2.45, 2.75) is 33.6 Å². The second-order valence-electron chi connectivity index (χ2n) is 3.43. The molecule has 1 nitrogen and oxygen atoms in total. The third kappa shape index (κ3) is 2.82. The lowest BCUT2D eigenvalue weighted by molar-refractivity contribution is 0.857. The SMILES string of the molecule is CC.[B]c1ccc2nc(C(C)C)sc2c1. The molecule has 1 heterocycles. The fourth-order valence-corrected chi connectivity index (χ4v) is 2.22. The first kappa shape index (κ1) is 12.2. The van der Waals surface area contributed by atoms with Crippen LogP contribution < -0.4 is 5.46 Å². The van der Waals surface area contributed by atoms with Gasteiger partial charge in [-0.25, -0.2) is 4.98 Å². The predicted octanol–water partition coefficient (Wildman–Crippen LogP) is 3.24. The second kappa shape index (κ2) is 5.31. The van der Waals surface area contributed by atoms with Gasteiger partial charge in [-0.05, 0) is 12.1 Å². The standard InChI is InChI=1S/C10H10BNS.C2H6/c1-6(2)10-12-8-4-3-7(11)5-9(8)13-10;1-2/h3-6H,1-2H3;1-2H3. The van der Waals surface area contributed by atoms with Crippen molar-refractivity contribution in [1.82, 2.24) is 4.98 Å². The Kier molecular flexibility index (Phi) is 4.34. The summed E-state index contributed by atoms with van der Waals surface area (Å²) in [5, 5.41) is 1.18. The van der Waals surface area contributed by atoms with E-state index in [0.29, 0.717) is 5.92 Å². The van der Waals surface area contributed by atoms with Crippen LogP contribution in [0.25, 0.3) is 10.2 Å². The van der Waals surface area contributed by atoms with Crippen molar-refractivity contribution in [1.29, 1.82) is 0 Å².